The van der Waals surface area contributed by atoms with Gasteiger partial charge in [0.1, 0.15) is 0 Å². The molecule has 1 amide bonds. The molecule has 2 rings (SSSR count). The lowest BCUT2D eigenvalue weighted by atomic mass is 10.2. The van der Waals surface area contributed by atoms with Crippen molar-refractivity contribution in [2.45, 2.75) is 0 Å². The number of benzene rings is 1. The molecule has 92 valence electrons. The number of amides is 1. The number of nitrogens with zero attached hydrogens (tertiary/aromatic N) is 1. The van der Waals surface area contributed by atoms with E-state index in [1.807, 2.05) is 18.2 Å². The second-order valence-corrected chi connectivity index (χ2v) is 4.43. The molecule has 0 unspecified atom stereocenters. The summed E-state index contributed by atoms with van der Waals surface area (Å²) >= 11 is 3.27. The largest absolute Gasteiger partial charge is 0.322 e. The molecule has 5 nitrogen and oxygen atoms in total. The summed E-state index contributed by atoms with van der Waals surface area (Å²) in [5, 5.41) is 2.76. The molecule has 0 spiro atoms. The van der Waals surface area contributed by atoms with Crippen molar-refractivity contribution in [1.82, 2.24) is 4.98 Å². The van der Waals surface area contributed by atoms with Crippen LogP contribution in [0.4, 0.5) is 11.5 Å². The van der Waals surface area contributed by atoms with Crippen LogP contribution in [0.15, 0.2) is 47.1 Å². The van der Waals surface area contributed by atoms with E-state index < -0.39 is 0 Å². The number of hydrogen-bond donors (Lipinski definition) is 3. The lowest BCUT2D eigenvalue weighted by Gasteiger charge is -2.09. The van der Waals surface area contributed by atoms with Crippen LogP contribution >= 0.6 is 15.9 Å². The first-order valence-electron chi connectivity index (χ1n) is 5.19. The quantitative estimate of drug-likeness (QED) is 0.601. The van der Waals surface area contributed by atoms with Crippen molar-refractivity contribution in [1.29, 1.82) is 0 Å². The van der Waals surface area contributed by atoms with E-state index in [9.17, 15) is 4.79 Å². The highest BCUT2D eigenvalue weighted by atomic mass is 79.9. The molecule has 1 aromatic heterocycles. The molecule has 6 heteroatoms. The Morgan fingerprint density at radius 3 is 2.67 bits per heavy atom. The van der Waals surface area contributed by atoms with E-state index in [0.29, 0.717) is 21.5 Å². The van der Waals surface area contributed by atoms with Crippen molar-refractivity contribution in [3.05, 3.63) is 52.6 Å². The number of hydrazine groups is 1. The summed E-state index contributed by atoms with van der Waals surface area (Å²) in [5.41, 5.74) is 3.48. The van der Waals surface area contributed by atoms with Gasteiger partial charge in [-0.2, -0.15) is 0 Å². The van der Waals surface area contributed by atoms with Gasteiger partial charge in [0, 0.05) is 16.4 Å². The van der Waals surface area contributed by atoms with Gasteiger partial charge in [-0.1, -0.05) is 18.2 Å². The molecule has 0 aliphatic heterocycles. The smallest absolute Gasteiger partial charge is 0.259 e. The lowest BCUT2D eigenvalue weighted by Crippen LogP contribution is -2.18. The Morgan fingerprint density at radius 2 is 2.00 bits per heavy atom. The summed E-state index contributed by atoms with van der Waals surface area (Å²) in [4.78, 5) is 16.1. The maximum atomic E-state index is 12.1. The summed E-state index contributed by atoms with van der Waals surface area (Å²) < 4.78 is 0.708. The van der Waals surface area contributed by atoms with Gasteiger partial charge in [0.25, 0.3) is 5.91 Å². The zero-order valence-corrected chi connectivity index (χ0v) is 10.9. The normalized spacial score (nSPS) is 9.89. The molecular weight excluding hydrogens is 296 g/mol. The Labute approximate surface area is 113 Å². The average molecular weight is 307 g/mol. The average Bonchev–Trinajstić information content (AvgIpc) is 2.40. The minimum absolute atomic E-state index is 0.275. The Kier molecular flexibility index (Phi) is 3.91. The van der Waals surface area contributed by atoms with Gasteiger partial charge >= 0.3 is 0 Å². The zero-order chi connectivity index (χ0) is 13.0. The van der Waals surface area contributed by atoms with Crippen molar-refractivity contribution in [2.24, 2.45) is 5.84 Å². The zero-order valence-electron chi connectivity index (χ0n) is 9.35. The lowest BCUT2D eigenvalue weighted by molar-refractivity contribution is 0.102. The van der Waals surface area contributed by atoms with Crippen molar-refractivity contribution < 1.29 is 4.79 Å². The highest BCUT2D eigenvalue weighted by molar-refractivity contribution is 9.10. The van der Waals surface area contributed by atoms with E-state index in [1.54, 1.807) is 24.4 Å². The molecule has 1 aromatic carbocycles. The van der Waals surface area contributed by atoms with Crippen LogP contribution in [0.5, 0.6) is 0 Å². The molecule has 0 saturated carbocycles. The van der Waals surface area contributed by atoms with Crippen molar-refractivity contribution in [2.75, 3.05) is 10.7 Å². The fourth-order valence-corrected chi connectivity index (χ4v) is 1.78. The molecule has 0 aliphatic rings. The van der Waals surface area contributed by atoms with E-state index in [2.05, 4.69) is 31.7 Å². The summed E-state index contributed by atoms with van der Waals surface area (Å²) in [6.07, 6.45) is 1.56. The van der Waals surface area contributed by atoms with Crippen LogP contribution in [0.25, 0.3) is 0 Å². The number of pyridine rings is 1. The molecule has 18 heavy (non-hydrogen) atoms. The Bertz CT molecular complexity index is 559. The standard InChI is InChI=1S/C12H11BrN4O/c13-8-6-10(11(17-14)15-7-8)12(18)16-9-4-2-1-3-5-9/h1-7H,14H2,(H,15,17)(H,16,18). The first kappa shape index (κ1) is 12.5. The number of halogens is 1. The first-order valence-corrected chi connectivity index (χ1v) is 5.98. The molecule has 0 fully saturated rings. The summed E-state index contributed by atoms with van der Waals surface area (Å²) in [7, 11) is 0. The maximum Gasteiger partial charge on any atom is 0.259 e. The predicted molar refractivity (Wildman–Crippen MR) is 74.1 cm³/mol. The van der Waals surface area contributed by atoms with Crippen molar-refractivity contribution in [3.8, 4) is 0 Å². The number of nitrogen functional groups attached to an aromatic ring is 1. The van der Waals surface area contributed by atoms with Gasteiger partial charge < -0.3 is 10.7 Å². The van der Waals surface area contributed by atoms with E-state index >= 15 is 0 Å². The van der Waals surface area contributed by atoms with Gasteiger partial charge in [0.15, 0.2) is 5.82 Å². The molecular formula is C12H11BrN4O. The maximum absolute atomic E-state index is 12.1. The van der Waals surface area contributed by atoms with Crippen LogP contribution in [0.1, 0.15) is 10.4 Å². The third kappa shape index (κ3) is 2.85. The van der Waals surface area contributed by atoms with Crippen LogP contribution in [0.3, 0.4) is 0 Å². The molecule has 0 saturated heterocycles. The summed E-state index contributed by atoms with van der Waals surface area (Å²) in [6.45, 7) is 0. The topological polar surface area (TPSA) is 80.0 Å². The second kappa shape index (κ2) is 5.61. The molecule has 0 radical (unpaired) electrons. The van der Waals surface area contributed by atoms with Gasteiger partial charge in [0.2, 0.25) is 0 Å². The minimum atomic E-state index is -0.275. The van der Waals surface area contributed by atoms with Crippen molar-refractivity contribution >= 4 is 33.3 Å². The monoisotopic (exact) mass is 306 g/mol. The highest BCUT2D eigenvalue weighted by Crippen LogP contribution is 2.18. The summed E-state index contributed by atoms with van der Waals surface area (Å²) in [6, 6.07) is 10.8. The van der Waals surface area contributed by atoms with E-state index in [4.69, 9.17) is 5.84 Å². The number of hydrogen-bond acceptors (Lipinski definition) is 4. The fourth-order valence-electron chi connectivity index (χ4n) is 1.45. The SMILES string of the molecule is NNc1ncc(Br)cc1C(=O)Nc1ccccc1. The molecule has 2 aromatic rings. The first-order chi connectivity index (χ1) is 8.70. The molecule has 0 aliphatic carbocycles. The van der Waals surface area contributed by atoms with E-state index in [-0.39, 0.29) is 5.91 Å². The third-order valence-corrected chi connectivity index (χ3v) is 2.70. The van der Waals surface area contributed by atoms with E-state index in [1.165, 1.54) is 0 Å². The van der Waals surface area contributed by atoms with Gasteiger partial charge in [-0.05, 0) is 34.1 Å². The highest BCUT2D eigenvalue weighted by Gasteiger charge is 2.12. The number of para-hydroxylation sites is 1. The van der Waals surface area contributed by atoms with Crippen LogP contribution in [-0.4, -0.2) is 10.9 Å². The van der Waals surface area contributed by atoms with Gasteiger partial charge in [0.05, 0.1) is 5.56 Å². The Balaban J connectivity index is 2.26. The molecule has 0 bridgehead atoms. The number of nitrogens with two attached hydrogens (primary N) is 1. The Hall–Kier alpha value is -1.92. The van der Waals surface area contributed by atoms with Gasteiger partial charge in [-0.3, -0.25) is 4.79 Å². The van der Waals surface area contributed by atoms with Crippen LogP contribution in [0.2, 0.25) is 0 Å². The molecule has 0 atom stereocenters. The van der Waals surface area contributed by atoms with E-state index in [0.717, 1.165) is 0 Å². The second-order valence-electron chi connectivity index (χ2n) is 3.51. The van der Waals surface area contributed by atoms with Crippen LogP contribution in [0, 0.1) is 0 Å². The number of carbonyl (C=O) groups excluding carboxylic acids is 1. The molecule has 1 heterocycles. The number of carbonyl (C=O) groups is 1. The predicted octanol–water partition coefficient (Wildman–Crippen LogP) is 2.38. The minimum Gasteiger partial charge on any atom is -0.322 e. The van der Waals surface area contributed by atoms with Gasteiger partial charge in [-0.25, -0.2) is 10.8 Å². The van der Waals surface area contributed by atoms with Crippen molar-refractivity contribution in [3.63, 3.8) is 0 Å². The summed E-state index contributed by atoms with van der Waals surface area (Å²) in [5.74, 6) is 5.37. The number of aromatic nitrogens is 1. The number of rotatable bonds is 3. The number of anilines is 2. The molecule has 4 N–H and O–H groups in total. The van der Waals surface area contributed by atoms with Gasteiger partial charge in [-0.15, -0.1) is 0 Å². The fraction of sp³-hybridized carbons (Fsp3) is 0. The Morgan fingerprint density at radius 1 is 1.28 bits per heavy atom. The number of nitrogens with one attached hydrogen (secondary N) is 2. The third-order valence-electron chi connectivity index (χ3n) is 2.27. The van der Waals surface area contributed by atoms with Crippen LogP contribution in [-0.2, 0) is 0 Å². The van der Waals surface area contributed by atoms with Crippen LogP contribution < -0.4 is 16.6 Å².